The molecule has 0 aliphatic carbocycles. The lowest BCUT2D eigenvalue weighted by Gasteiger charge is -2.15. The third kappa shape index (κ3) is 5.48. The molecule has 1 atom stereocenters. The topological polar surface area (TPSA) is 64.6 Å². The van der Waals surface area contributed by atoms with E-state index in [2.05, 4.69) is 5.32 Å². The Morgan fingerprint density at radius 3 is 2.54 bits per heavy atom. The molecule has 0 radical (unpaired) electrons. The van der Waals surface area contributed by atoms with Crippen LogP contribution in [0, 0.1) is 6.92 Å². The van der Waals surface area contributed by atoms with Crippen molar-refractivity contribution in [3.8, 4) is 5.75 Å². The number of esters is 1. The van der Waals surface area contributed by atoms with Crippen molar-refractivity contribution in [1.82, 2.24) is 0 Å². The van der Waals surface area contributed by atoms with E-state index in [4.69, 9.17) is 9.47 Å². The highest BCUT2D eigenvalue weighted by Gasteiger charge is 2.18. The van der Waals surface area contributed by atoms with Crippen molar-refractivity contribution in [3.63, 3.8) is 0 Å². The normalized spacial score (nSPS) is 11.8. The van der Waals surface area contributed by atoms with Gasteiger partial charge >= 0.3 is 5.97 Å². The number of para-hydroxylation sites is 2. The van der Waals surface area contributed by atoms with Gasteiger partial charge in [-0.2, -0.15) is 0 Å². The molecular weight excluding hydrogens is 330 g/mol. The molecule has 5 heteroatoms. The molecule has 0 unspecified atom stereocenters. The average Bonchev–Trinajstić information content (AvgIpc) is 2.63. The molecule has 0 fully saturated rings. The number of aryl methyl sites for hydroxylation is 1. The summed E-state index contributed by atoms with van der Waals surface area (Å²) in [6.45, 7) is 5.83. The standard InChI is InChI=1S/C21H23NO4/c1-4-25-19-12-8-7-11-18(19)22-21(24)16(3)26-20(23)14-13-17-10-6-5-9-15(17)2/h5-14,16H,4H2,1-3H3,(H,22,24)/b14-13+/t16-/m0/s1. The third-order valence-corrected chi connectivity index (χ3v) is 3.69. The first-order chi connectivity index (χ1) is 12.5. The van der Waals surface area contributed by atoms with Crippen LogP contribution in [0.5, 0.6) is 5.75 Å². The summed E-state index contributed by atoms with van der Waals surface area (Å²) in [5, 5.41) is 2.72. The highest BCUT2D eigenvalue weighted by molar-refractivity contribution is 5.97. The van der Waals surface area contributed by atoms with Gasteiger partial charge in [0.05, 0.1) is 12.3 Å². The Labute approximate surface area is 153 Å². The fourth-order valence-electron chi connectivity index (χ4n) is 2.28. The minimum atomic E-state index is -0.932. The molecule has 2 aromatic rings. The molecule has 1 amide bonds. The first-order valence-electron chi connectivity index (χ1n) is 8.48. The molecule has 0 spiro atoms. The van der Waals surface area contributed by atoms with E-state index in [1.54, 1.807) is 24.3 Å². The number of carbonyl (C=O) groups excluding carboxylic acids is 2. The van der Waals surface area contributed by atoms with Gasteiger partial charge in [0.1, 0.15) is 5.75 Å². The lowest BCUT2D eigenvalue weighted by Crippen LogP contribution is -2.29. The predicted octanol–water partition coefficient (Wildman–Crippen LogP) is 3.98. The maximum absolute atomic E-state index is 12.3. The molecule has 2 rings (SSSR count). The second-order valence-electron chi connectivity index (χ2n) is 5.69. The number of amides is 1. The maximum atomic E-state index is 12.3. The lowest BCUT2D eigenvalue weighted by atomic mass is 10.1. The van der Waals surface area contributed by atoms with Crippen LogP contribution in [0.2, 0.25) is 0 Å². The van der Waals surface area contributed by atoms with Crippen LogP contribution in [0.1, 0.15) is 25.0 Å². The molecule has 1 N–H and O–H groups in total. The van der Waals surface area contributed by atoms with Crippen molar-refractivity contribution in [1.29, 1.82) is 0 Å². The number of hydrogen-bond donors (Lipinski definition) is 1. The summed E-state index contributed by atoms with van der Waals surface area (Å²) >= 11 is 0. The van der Waals surface area contributed by atoms with Gasteiger partial charge in [0.15, 0.2) is 6.10 Å². The molecule has 136 valence electrons. The summed E-state index contributed by atoms with van der Waals surface area (Å²) in [5.74, 6) is -0.426. The zero-order valence-corrected chi connectivity index (χ0v) is 15.2. The van der Waals surface area contributed by atoms with Crippen molar-refractivity contribution in [2.75, 3.05) is 11.9 Å². The Hall–Kier alpha value is -3.08. The number of nitrogens with one attached hydrogen (secondary N) is 1. The number of benzene rings is 2. The minimum Gasteiger partial charge on any atom is -0.492 e. The van der Waals surface area contributed by atoms with Crippen molar-refractivity contribution >= 4 is 23.6 Å². The average molecular weight is 353 g/mol. The van der Waals surface area contributed by atoms with Gasteiger partial charge in [-0.05, 0) is 50.1 Å². The molecule has 0 aromatic heterocycles. The van der Waals surface area contributed by atoms with Crippen LogP contribution in [-0.4, -0.2) is 24.6 Å². The van der Waals surface area contributed by atoms with E-state index in [1.807, 2.05) is 44.2 Å². The molecular formula is C21H23NO4. The minimum absolute atomic E-state index is 0.421. The summed E-state index contributed by atoms with van der Waals surface area (Å²) in [6.07, 6.45) is 2.06. The highest BCUT2D eigenvalue weighted by Crippen LogP contribution is 2.23. The van der Waals surface area contributed by atoms with Crippen LogP contribution in [0.25, 0.3) is 6.08 Å². The van der Waals surface area contributed by atoms with Crippen molar-refractivity contribution < 1.29 is 19.1 Å². The number of hydrogen-bond acceptors (Lipinski definition) is 4. The van der Waals surface area contributed by atoms with Crippen LogP contribution < -0.4 is 10.1 Å². The van der Waals surface area contributed by atoms with Crippen LogP contribution in [0.15, 0.2) is 54.6 Å². The fraction of sp³-hybridized carbons (Fsp3) is 0.238. The first kappa shape index (κ1) is 19.2. The number of ether oxygens (including phenoxy) is 2. The summed E-state index contributed by atoms with van der Waals surface area (Å²) in [7, 11) is 0. The largest absolute Gasteiger partial charge is 0.492 e. The number of carbonyl (C=O) groups is 2. The first-order valence-corrected chi connectivity index (χ1v) is 8.48. The Morgan fingerprint density at radius 1 is 1.12 bits per heavy atom. The quantitative estimate of drug-likeness (QED) is 0.604. The van der Waals surface area contributed by atoms with Crippen LogP contribution >= 0.6 is 0 Å². The molecule has 0 saturated heterocycles. The summed E-state index contributed by atoms with van der Waals surface area (Å²) in [4.78, 5) is 24.2. The van der Waals surface area contributed by atoms with E-state index in [-0.39, 0.29) is 0 Å². The van der Waals surface area contributed by atoms with Gasteiger partial charge in [-0.25, -0.2) is 4.79 Å². The van der Waals surface area contributed by atoms with Crippen molar-refractivity contribution in [3.05, 3.63) is 65.7 Å². The SMILES string of the molecule is CCOc1ccccc1NC(=O)[C@H](C)OC(=O)/C=C/c1ccccc1C. The molecule has 5 nitrogen and oxygen atoms in total. The smallest absolute Gasteiger partial charge is 0.331 e. The second kappa shape index (κ2) is 9.42. The molecule has 26 heavy (non-hydrogen) atoms. The summed E-state index contributed by atoms with van der Waals surface area (Å²) in [6, 6.07) is 14.8. The van der Waals surface area contributed by atoms with E-state index < -0.39 is 18.0 Å². The maximum Gasteiger partial charge on any atom is 0.331 e. The Kier molecular flexibility index (Phi) is 6.97. The van der Waals surface area contributed by atoms with Gasteiger partial charge < -0.3 is 14.8 Å². The van der Waals surface area contributed by atoms with Crippen molar-refractivity contribution in [2.45, 2.75) is 26.9 Å². The van der Waals surface area contributed by atoms with Crippen molar-refractivity contribution in [2.24, 2.45) is 0 Å². The zero-order chi connectivity index (χ0) is 18.9. The Bertz CT molecular complexity index is 798. The monoisotopic (exact) mass is 353 g/mol. The van der Waals surface area contributed by atoms with Gasteiger partial charge in [0.25, 0.3) is 5.91 Å². The van der Waals surface area contributed by atoms with E-state index in [0.717, 1.165) is 11.1 Å². The van der Waals surface area contributed by atoms with Gasteiger partial charge in [-0.1, -0.05) is 36.4 Å². The molecule has 0 bridgehead atoms. The van der Waals surface area contributed by atoms with Crippen LogP contribution in [-0.2, 0) is 14.3 Å². The van der Waals surface area contributed by atoms with E-state index in [9.17, 15) is 9.59 Å². The predicted molar refractivity (Wildman–Crippen MR) is 102 cm³/mol. The van der Waals surface area contributed by atoms with Gasteiger partial charge in [-0.3, -0.25) is 4.79 Å². The van der Waals surface area contributed by atoms with Crippen LogP contribution in [0.4, 0.5) is 5.69 Å². The number of rotatable bonds is 7. The molecule has 2 aromatic carbocycles. The van der Waals surface area contributed by atoms with E-state index >= 15 is 0 Å². The number of anilines is 1. The lowest BCUT2D eigenvalue weighted by molar-refractivity contribution is -0.148. The second-order valence-corrected chi connectivity index (χ2v) is 5.69. The fourth-order valence-corrected chi connectivity index (χ4v) is 2.28. The summed E-state index contributed by atoms with van der Waals surface area (Å²) in [5.41, 5.74) is 2.51. The molecule has 0 saturated carbocycles. The van der Waals surface area contributed by atoms with Gasteiger partial charge in [-0.15, -0.1) is 0 Å². The Morgan fingerprint density at radius 2 is 1.81 bits per heavy atom. The van der Waals surface area contributed by atoms with E-state index in [0.29, 0.717) is 18.0 Å². The van der Waals surface area contributed by atoms with Gasteiger partial charge in [0, 0.05) is 6.08 Å². The zero-order valence-electron chi connectivity index (χ0n) is 15.2. The Balaban J connectivity index is 1.94. The van der Waals surface area contributed by atoms with Crippen LogP contribution in [0.3, 0.4) is 0 Å². The van der Waals surface area contributed by atoms with Gasteiger partial charge in [0.2, 0.25) is 0 Å². The summed E-state index contributed by atoms with van der Waals surface area (Å²) < 4.78 is 10.6. The molecule has 0 heterocycles. The highest BCUT2D eigenvalue weighted by atomic mass is 16.5. The molecule has 0 aliphatic heterocycles. The molecule has 0 aliphatic rings. The third-order valence-electron chi connectivity index (χ3n) is 3.69. The van der Waals surface area contributed by atoms with E-state index in [1.165, 1.54) is 13.0 Å².